The summed E-state index contributed by atoms with van der Waals surface area (Å²) in [6.45, 7) is 22.6. The lowest BCUT2D eigenvalue weighted by atomic mass is 9.93. The van der Waals surface area contributed by atoms with Gasteiger partial charge in [-0.2, -0.15) is 0 Å². The number of hydrogen-bond acceptors (Lipinski definition) is 8. The van der Waals surface area contributed by atoms with Crippen LogP contribution in [0.15, 0.2) is 0 Å². The molecule has 0 rings (SSSR count). The lowest BCUT2D eigenvalue weighted by molar-refractivity contribution is -0.142. The van der Waals surface area contributed by atoms with Crippen molar-refractivity contribution in [2.24, 2.45) is 70.8 Å². The van der Waals surface area contributed by atoms with Crippen LogP contribution in [0, 0.1) is 65.1 Å². The molecule has 0 aromatic rings. The molecule has 9 N–H and O–H groups in total. The van der Waals surface area contributed by atoms with Gasteiger partial charge in [0.2, 0.25) is 35.4 Å². The first-order valence-electron chi connectivity index (χ1n) is 19.6. The summed E-state index contributed by atoms with van der Waals surface area (Å²) in [5.74, 6) is -6.47. The smallest absolute Gasteiger partial charge is 0.308 e. The Kier molecular flexibility index (Phi) is 23.6. The Morgan fingerprint density at radius 3 is 1.28 bits per heavy atom. The molecule has 0 aromatic carbocycles. The summed E-state index contributed by atoms with van der Waals surface area (Å²) in [5.41, 5.74) is 5.72. The Morgan fingerprint density at radius 1 is 0.481 bits per heavy atom. The van der Waals surface area contributed by atoms with E-state index in [1.807, 2.05) is 55.4 Å². The quantitative estimate of drug-likeness (QED) is 0.0641. The summed E-state index contributed by atoms with van der Waals surface area (Å²) in [4.78, 5) is 89.1. The molecule has 0 saturated carbocycles. The maximum absolute atomic E-state index is 13.4. The minimum atomic E-state index is -0.969. The molecule has 0 bridgehead atoms. The largest absolute Gasteiger partial charge is 0.481 e. The maximum Gasteiger partial charge on any atom is 0.308 e. The number of aliphatic carboxylic acids is 1. The van der Waals surface area contributed by atoms with Gasteiger partial charge in [-0.05, 0) is 43.4 Å². The molecule has 15 nitrogen and oxygen atoms in total. The molecule has 0 heterocycles. The van der Waals surface area contributed by atoms with Gasteiger partial charge in [0.15, 0.2) is 0 Å². The molecule has 6 amide bonds. The maximum atomic E-state index is 13.4. The molecular weight excluding hydrogens is 694 g/mol. The van der Waals surface area contributed by atoms with E-state index >= 15 is 0 Å². The summed E-state index contributed by atoms with van der Waals surface area (Å²) in [6, 6.07) is -0.555. The Morgan fingerprint density at radius 2 is 0.870 bits per heavy atom. The number of nitrogens with two attached hydrogens (primary N) is 1. The van der Waals surface area contributed by atoms with Crippen LogP contribution in [-0.2, 0) is 33.6 Å². The van der Waals surface area contributed by atoms with Crippen molar-refractivity contribution in [3.05, 3.63) is 0 Å². The summed E-state index contributed by atoms with van der Waals surface area (Å²) >= 11 is 0. The number of rotatable bonds is 26. The monoisotopic (exact) mass is 768 g/mol. The first kappa shape index (κ1) is 50.2. The van der Waals surface area contributed by atoms with Gasteiger partial charge in [0, 0.05) is 45.3 Å². The fourth-order valence-electron chi connectivity index (χ4n) is 5.82. The van der Waals surface area contributed by atoms with Crippen molar-refractivity contribution in [1.29, 1.82) is 0 Å². The molecule has 312 valence electrons. The molecule has 0 aliphatic carbocycles. The predicted octanol–water partition coefficient (Wildman–Crippen LogP) is 1.89. The standard InChI is InChI=1S/C39H73N7O8/c1-21(2)13-29(18-43-33(47)25(9)16-41-37(51)31(15-40)23(5)6)36(50)46-28(12)27(11)35(49)45-20-32(24(7)8)38(52)42-17-26(10)34(48)44-19-30(39(53)54)14-22(3)4/h21-32H,13-20,40H2,1-12H3,(H,41,51)(H,42,52)(H,43,47)(H,44,48)(H,45,49)(H,46,50)(H,53,54)/t25-,26-,27-,28-,29-,30-,31+,32+/m1/s1. The topological polar surface area (TPSA) is 238 Å². The lowest BCUT2D eigenvalue weighted by Gasteiger charge is -2.27. The molecule has 0 aromatic heterocycles. The van der Waals surface area contributed by atoms with E-state index in [1.165, 1.54) is 0 Å². The van der Waals surface area contributed by atoms with E-state index in [0.29, 0.717) is 12.8 Å². The highest BCUT2D eigenvalue weighted by Crippen LogP contribution is 2.16. The minimum absolute atomic E-state index is 0.00782. The average Bonchev–Trinajstić information content (AvgIpc) is 3.08. The zero-order chi connectivity index (χ0) is 41.9. The van der Waals surface area contributed by atoms with Crippen molar-refractivity contribution in [2.45, 2.75) is 102 Å². The van der Waals surface area contributed by atoms with E-state index in [2.05, 4.69) is 31.9 Å². The summed E-state index contributed by atoms with van der Waals surface area (Å²) in [6.07, 6.45) is 0.938. The van der Waals surface area contributed by atoms with Gasteiger partial charge in [0.05, 0.1) is 41.4 Å². The number of carbonyl (C=O) groups excluding carboxylic acids is 6. The molecular formula is C39H73N7O8. The molecule has 0 aliphatic rings. The second kappa shape index (κ2) is 25.4. The number of carboxylic acid groups (broad SMARTS) is 1. The highest BCUT2D eigenvalue weighted by molar-refractivity contribution is 5.85. The van der Waals surface area contributed by atoms with Crippen molar-refractivity contribution < 1.29 is 38.7 Å². The molecule has 54 heavy (non-hydrogen) atoms. The normalized spacial score (nSPS) is 16.0. The molecule has 0 radical (unpaired) electrons. The van der Waals surface area contributed by atoms with Crippen LogP contribution in [0.3, 0.4) is 0 Å². The summed E-state index contributed by atoms with van der Waals surface area (Å²) in [5, 5.41) is 26.3. The summed E-state index contributed by atoms with van der Waals surface area (Å²) in [7, 11) is 0. The number of carbonyl (C=O) groups is 7. The Bertz CT molecular complexity index is 1230. The van der Waals surface area contributed by atoms with Crippen LogP contribution in [0.1, 0.15) is 95.9 Å². The number of nitrogens with one attached hydrogen (secondary N) is 6. The van der Waals surface area contributed by atoms with Crippen molar-refractivity contribution >= 4 is 41.4 Å². The van der Waals surface area contributed by atoms with Gasteiger partial charge < -0.3 is 42.7 Å². The highest BCUT2D eigenvalue weighted by atomic mass is 16.4. The predicted molar refractivity (Wildman–Crippen MR) is 209 cm³/mol. The van der Waals surface area contributed by atoms with Gasteiger partial charge in [-0.25, -0.2) is 0 Å². The van der Waals surface area contributed by atoms with Gasteiger partial charge in [-0.15, -0.1) is 0 Å². The first-order chi connectivity index (χ1) is 25.0. The van der Waals surface area contributed by atoms with Gasteiger partial charge in [0.25, 0.3) is 0 Å². The third kappa shape index (κ3) is 19.0. The molecule has 8 atom stereocenters. The lowest BCUT2D eigenvalue weighted by Crippen LogP contribution is -2.50. The minimum Gasteiger partial charge on any atom is -0.481 e. The van der Waals surface area contributed by atoms with Crippen LogP contribution in [0.5, 0.6) is 0 Å². The van der Waals surface area contributed by atoms with E-state index in [1.54, 1.807) is 27.7 Å². The van der Waals surface area contributed by atoms with Crippen LogP contribution in [0.25, 0.3) is 0 Å². The average molecular weight is 768 g/mol. The fraction of sp³-hybridized carbons (Fsp3) is 0.821. The molecule has 15 heteroatoms. The van der Waals surface area contributed by atoms with Crippen LogP contribution in [0.2, 0.25) is 0 Å². The number of hydrogen-bond donors (Lipinski definition) is 8. The van der Waals surface area contributed by atoms with Crippen molar-refractivity contribution in [1.82, 2.24) is 31.9 Å². The zero-order valence-electron chi connectivity index (χ0n) is 35.0. The Hall–Kier alpha value is -3.75. The Labute approximate surface area is 323 Å². The summed E-state index contributed by atoms with van der Waals surface area (Å²) < 4.78 is 0. The molecule has 0 aliphatic heterocycles. The molecule has 0 unspecified atom stereocenters. The van der Waals surface area contributed by atoms with Crippen molar-refractivity contribution in [3.8, 4) is 0 Å². The zero-order valence-corrected chi connectivity index (χ0v) is 35.0. The third-order valence-corrected chi connectivity index (χ3v) is 9.90. The van der Waals surface area contributed by atoms with E-state index in [4.69, 9.17) is 5.73 Å². The van der Waals surface area contributed by atoms with Crippen LogP contribution in [-0.4, -0.2) is 91.8 Å². The van der Waals surface area contributed by atoms with Crippen LogP contribution < -0.4 is 37.6 Å². The third-order valence-electron chi connectivity index (χ3n) is 9.90. The number of carboxylic acids is 1. The molecule has 0 saturated heterocycles. The second-order valence-corrected chi connectivity index (χ2v) is 16.5. The van der Waals surface area contributed by atoms with Gasteiger partial charge in [0.1, 0.15) is 0 Å². The van der Waals surface area contributed by atoms with Crippen LogP contribution in [0.4, 0.5) is 0 Å². The fourth-order valence-corrected chi connectivity index (χ4v) is 5.82. The van der Waals surface area contributed by atoms with E-state index in [0.717, 1.165) is 0 Å². The second-order valence-electron chi connectivity index (χ2n) is 16.5. The molecule has 0 fully saturated rings. The van der Waals surface area contributed by atoms with Gasteiger partial charge >= 0.3 is 5.97 Å². The van der Waals surface area contributed by atoms with E-state index in [9.17, 15) is 38.7 Å². The van der Waals surface area contributed by atoms with Gasteiger partial charge in [-0.1, -0.05) is 76.2 Å². The highest BCUT2D eigenvalue weighted by Gasteiger charge is 2.30. The SMILES string of the molecule is CC(C)C[C@H](CNC(=O)[C@H](C)CNC(=O)[C@@H](CNC(=O)[C@H](C)[C@@H](C)NC(=O)[C@@H](CNC(=O)[C@H](C)CNC(=O)[C@@H](CN)C(C)C)CC(C)C)C(C)C)C(=O)O. The Balaban J connectivity index is 5.13. The van der Waals surface area contributed by atoms with E-state index < -0.39 is 47.5 Å². The van der Waals surface area contributed by atoms with Crippen LogP contribution >= 0.6 is 0 Å². The molecule has 0 spiro atoms. The van der Waals surface area contributed by atoms with Gasteiger partial charge in [-0.3, -0.25) is 33.6 Å². The van der Waals surface area contributed by atoms with Crippen molar-refractivity contribution in [3.63, 3.8) is 0 Å². The van der Waals surface area contributed by atoms with Crippen molar-refractivity contribution in [2.75, 3.05) is 39.3 Å². The first-order valence-corrected chi connectivity index (χ1v) is 19.6. The van der Waals surface area contributed by atoms with E-state index in [-0.39, 0.29) is 104 Å². The number of amides is 6.